The normalized spacial score (nSPS) is 17.1. The van der Waals surface area contributed by atoms with Crippen LogP contribution in [-0.4, -0.2) is 48.0 Å². The number of nitrogens with zero attached hydrogens (tertiary/aromatic N) is 10. The average Bonchev–Trinajstić information content (AvgIpc) is 3.73. The summed E-state index contributed by atoms with van der Waals surface area (Å²) < 4.78 is 14.3. The van der Waals surface area contributed by atoms with Gasteiger partial charge >= 0.3 is 11.4 Å². The maximum absolute atomic E-state index is 13.1. The summed E-state index contributed by atoms with van der Waals surface area (Å²) in [5, 5.41) is 13.7. The number of fused-ring (bicyclic) bond motifs is 2. The highest BCUT2D eigenvalue weighted by Gasteiger charge is 2.34. The van der Waals surface area contributed by atoms with E-state index in [2.05, 4.69) is 27.3 Å². The molecular formula is C35H44N10O5S. The molecule has 0 N–H and O–H groups in total. The number of thiazole rings is 1. The van der Waals surface area contributed by atoms with Crippen molar-refractivity contribution in [2.75, 3.05) is 0 Å². The minimum atomic E-state index is -0.383. The maximum Gasteiger partial charge on any atom is 0.331 e. The summed E-state index contributed by atoms with van der Waals surface area (Å²) >= 11 is 1.62. The van der Waals surface area contributed by atoms with Crippen molar-refractivity contribution in [2.45, 2.75) is 92.4 Å². The molecule has 6 aromatic rings. The molecule has 16 heteroatoms. The second kappa shape index (κ2) is 13.4. The van der Waals surface area contributed by atoms with E-state index in [9.17, 15) is 19.2 Å². The quantitative estimate of drug-likeness (QED) is 0.207. The molecule has 6 aromatic heterocycles. The summed E-state index contributed by atoms with van der Waals surface area (Å²) in [6, 6.07) is 1.79. The van der Waals surface area contributed by atoms with E-state index in [4.69, 9.17) is 4.52 Å². The second-order valence-corrected chi connectivity index (χ2v) is 15.7. The fourth-order valence-electron chi connectivity index (χ4n) is 6.56. The molecule has 2 aliphatic rings. The maximum atomic E-state index is 13.1. The van der Waals surface area contributed by atoms with Crippen molar-refractivity contribution in [3.63, 3.8) is 0 Å². The summed E-state index contributed by atoms with van der Waals surface area (Å²) in [5.74, 6) is 2.55. The minimum Gasteiger partial charge on any atom is -0.359 e. The first-order chi connectivity index (χ1) is 24.3. The van der Waals surface area contributed by atoms with E-state index in [1.54, 1.807) is 53.3 Å². The van der Waals surface area contributed by atoms with Gasteiger partial charge < -0.3 is 4.52 Å². The number of hydrogen-bond acceptors (Lipinski definition) is 10. The molecule has 0 saturated heterocycles. The van der Waals surface area contributed by atoms with Crippen LogP contribution in [0.1, 0.15) is 73.0 Å². The zero-order valence-corrected chi connectivity index (χ0v) is 30.9. The SMILES string of the molecule is CC(C)c1cc(Cn2c(=O)c3c(cnn3CC3CC3)n(C)c2=O)on1.Cc1nc(C)c(CCn2c(=O)c3c(cnn3CC3CC3C)n(C)c2=O)s1. The standard InChI is InChI=1S/C18H23N5O2S.C17H21N5O3/c1-10-7-13(10)9-23-16-14(8-19-23)21(4)18(25)22(17(16)24)6-5-15-11(2)20-12(3)26-15;1-10(2)13-6-12(25-19-13)9-21-16(23)15-14(20(3)17(21)24)7-18-22(15)8-11-4-5-11/h8,10,13H,5-7,9H2,1-4H3;6-7,10-11H,4-5,8-9H2,1-3H3. The van der Waals surface area contributed by atoms with Gasteiger partial charge in [-0.1, -0.05) is 25.9 Å². The molecule has 51 heavy (non-hydrogen) atoms. The van der Waals surface area contributed by atoms with Gasteiger partial charge in [0.15, 0.2) is 16.8 Å². The van der Waals surface area contributed by atoms with Crippen molar-refractivity contribution in [3.05, 3.63) is 87.2 Å². The van der Waals surface area contributed by atoms with E-state index in [0.29, 0.717) is 58.5 Å². The third kappa shape index (κ3) is 6.68. The summed E-state index contributed by atoms with van der Waals surface area (Å²) in [5.41, 5.74) is 2.70. The lowest BCUT2D eigenvalue weighted by atomic mass is 10.1. The lowest BCUT2D eigenvalue weighted by Gasteiger charge is -2.09. The topological polar surface area (TPSA) is 163 Å². The minimum absolute atomic E-state index is 0.0653. The molecule has 2 saturated carbocycles. The summed E-state index contributed by atoms with van der Waals surface area (Å²) in [6.07, 6.45) is 7.36. The Hall–Kier alpha value is -4.86. The Morgan fingerprint density at radius 1 is 0.902 bits per heavy atom. The Bertz CT molecular complexity index is 2500. The lowest BCUT2D eigenvalue weighted by Crippen LogP contribution is -2.40. The van der Waals surface area contributed by atoms with Crippen LogP contribution < -0.4 is 22.5 Å². The van der Waals surface area contributed by atoms with Crippen LogP contribution in [0.25, 0.3) is 22.1 Å². The number of rotatable bonds is 10. The summed E-state index contributed by atoms with van der Waals surface area (Å²) in [4.78, 5) is 56.9. The Balaban J connectivity index is 0.000000159. The van der Waals surface area contributed by atoms with Crippen molar-refractivity contribution < 1.29 is 4.52 Å². The molecule has 15 nitrogen and oxygen atoms in total. The first-order valence-electron chi connectivity index (χ1n) is 17.5. The first-order valence-corrected chi connectivity index (χ1v) is 18.3. The predicted octanol–water partition coefficient (Wildman–Crippen LogP) is 3.34. The molecule has 0 amide bonds. The molecule has 6 heterocycles. The molecular weight excluding hydrogens is 673 g/mol. The average molecular weight is 717 g/mol. The molecule has 0 radical (unpaired) electrons. The van der Waals surface area contributed by atoms with Gasteiger partial charge in [-0.15, -0.1) is 11.3 Å². The third-order valence-corrected chi connectivity index (χ3v) is 11.3. The van der Waals surface area contributed by atoms with Crippen LogP contribution >= 0.6 is 11.3 Å². The molecule has 2 atom stereocenters. The fraction of sp³-hybridized carbons (Fsp3) is 0.543. The van der Waals surface area contributed by atoms with Gasteiger partial charge in [-0.25, -0.2) is 14.6 Å². The Morgan fingerprint density at radius 3 is 2.02 bits per heavy atom. The molecule has 270 valence electrons. The van der Waals surface area contributed by atoms with Crippen LogP contribution in [0.4, 0.5) is 0 Å². The van der Waals surface area contributed by atoms with Crippen molar-refractivity contribution >= 4 is 33.4 Å². The molecule has 0 bridgehead atoms. The molecule has 0 aliphatic heterocycles. The smallest absolute Gasteiger partial charge is 0.331 e. The van der Waals surface area contributed by atoms with E-state index in [1.807, 2.05) is 27.7 Å². The predicted molar refractivity (Wildman–Crippen MR) is 193 cm³/mol. The number of hydrogen-bond donors (Lipinski definition) is 0. The van der Waals surface area contributed by atoms with Gasteiger partial charge in [-0.3, -0.25) is 37.2 Å². The monoisotopic (exact) mass is 716 g/mol. The highest BCUT2D eigenvalue weighted by Crippen LogP contribution is 2.39. The van der Waals surface area contributed by atoms with Crippen molar-refractivity contribution in [1.82, 2.24) is 48.0 Å². The molecule has 0 aromatic carbocycles. The Labute approximate surface area is 296 Å². The highest BCUT2D eigenvalue weighted by molar-refractivity contribution is 7.11. The van der Waals surface area contributed by atoms with Gasteiger partial charge in [0.25, 0.3) is 11.1 Å². The zero-order valence-electron chi connectivity index (χ0n) is 30.1. The largest absolute Gasteiger partial charge is 0.359 e. The molecule has 0 spiro atoms. The van der Waals surface area contributed by atoms with Gasteiger partial charge in [0, 0.05) is 51.1 Å². The zero-order chi connectivity index (χ0) is 36.3. The van der Waals surface area contributed by atoms with Crippen molar-refractivity contribution in [2.24, 2.45) is 31.8 Å². The Kier molecular flexibility index (Phi) is 9.06. The highest BCUT2D eigenvalue weighted by atomic mass is 32.1. The van der Waals surface area contributed by atoms with Crippen LogP contribution in [0, 0.1) is 31.6 Å². The molecule has 2 fully saturated rings. The van der Waals surface area contributed by atoms with Gasteiger partial charge in [-0.2, -0.15) is 10.2 Å². The molecule has 2 unspecified atom stereocenters. The summed E-state index contributed by atoms with van der Waals surface area (Å²) in [6.45, 7) is 12.0. The van der Waals surface area contributed by atoms with Crippen LogP contribution in [0.2, 0.25) is 0 Å². The summed E-state index contributed by atoms with van der Waals surface area (Å²) in [7, 11) is 3.36. The van der Waals surface area contributed by atoms with Crippen molar-refractivity contribution in [1.29, 1.82) is 0 Å². The third-order valence-electron chi connectivity index (χ3n) is 10.2. The van der Waals surface area contributed by atoms with Crippen LogP contribution in [0.5, 0.6) is 0 Å². The van der Waals surface area contributed by atoms with E-state index in [0.717, 1.165) is 47.2 Å². The van der Waals surface area contributed by atoms with Crippen LogP contribution in [0.3, 0.4) is 0 Å². The number of aryl methyl sites for hydroxylation is 5. The van der Waals surface area contributed by atoms with E-state index in [1.165, 1.54) is 24.7 Å². The first kappa shape index (κ1) is 34.6. The van der Waals surface area contributed by atoms with Gasteiger partial charge in [-0.05, 0) is 56.8 Å². The van der Waals surface area contributed by atoms with E-state index < -0.39 is 0 Å². The van der Waals surface area contributed by atoms with Gasteiger partial charge in [0.2, 0.25) is 0 Å². The van der Waals surface area contributed by atoms with Gasteiger partial charge in [0.05, 0.1) is 46.4 Å². The van der Waals surface area contributed by atoms with E-state index >= 15 is 0 Å². The molecule has 8 rings (SSSR count). The lowest BCUT2D eigenvalue weighted by molar-refractivity contribution is 0.364. The van der Waals surface area contributed by atoms with Crippen LogP contribution in [0.15, 0.2) is 42.2 Å². The number of aromatic nitrogens is 10. The van der Waals surface area contributed by atoms with Crippen LogP contribution in [-0.2, 0) is 46.7 Å². The Morgan fingerprint density at radius 2 is 1.49 bits per heavy atom. The fourth-order valence-corrected chi connectivity index (χ4v) is 7.49. The second-order valence-electron chi connectivity index (χ2n) is 14.4. The van der Waals surface area contributed by atoms with Crippen molar-refractivity contribution in [3.8, 4) is 0 Å². The van der Waals surface area contributed by atoms with Gasteiger partial charge in [0.1, 0.15) is 0 Å². The van der Waals surface area contributed by atoms with E-state index in [-0.39, 0.29) is 35.0 Å². The molecule has 2 aliphatic carbocycles.